The van der Waals surface area contributed by atoms with Crippen LogP contribution in [0.1, 0.15) is 31.1 Å². The summed E-state index contributed by atoms with van der Waals surface area (Å²) in [4.78, 5) is 33.0. The van der Waals surface area contributed by atoms with Gasteiger partial charge in [0, 0.05) is 16.7 Å². The van der Waals surface area contributed by atoms with Crippen LogP contribution >= 0.6 is 0 Å². The first-order chi connectivity index (χ1) is 8.93. The third-order valence-electron chi connectivity index (χ3n) is 2.68. The Morgan fingerprint density at radius 2 is 1.23 bits per heavy atom. The number of hydrogen-bond acceptors (Lipinski definition) is 6. The summed E-state index contributed by atoms with van der Waals surface area (Å²) in [6, 6.07) is 6.88. The number of fused-ring (bicyclic) bond motifs is 1. The molecular formula is C13H5Na3O6. The maximum atomic E-state index is 11.1. The van der Waals surface area contributed by atoms with Crippen molar-refractivity contribution in [3.63, 3.8) is 0 Å². The first-order valence-corrected chi connectivity index (χ1v) is 5.13. The van der Waals surface area contributed by atoms with Gasteiger partial charge in [0.15, 0.2) is 0 Å². The van der Waals surface area contributed by atoms with Gasteiger partial charge in [-0.15, -0.1) is 0 Å². The van der Waals surface area contributed by atoms with Crippen LogP contribution in [0.3, 0.4) is 0 Å². The first-order valence-electron chi connectivity index (χ1n) is 5.13. The van der Waals surface area contributed by atoms with Crippen LogP contribution in [0.4, 0.5) is 0 Å². The molecule has 0 aliphatic carbocycles. The van der Waals surface area contributed by atoms with E-state index in [2.05, 4.69) is 0 Å². The van der Waals surface area contributed by atoms with E-state index in [9.17, 15) is 29.7 Å². The minimum Gasteiger partial charge on any atom is -0.545 e. The largest absolute Gasteiger partial charge is 1.00 e. The third kappa shape index (κ3) is 4.80. The van der Waals surface area contributed by atoms with E-state index in [1.165, 1.54) is 18.2 Å². The summed E-state index contributed by atoms with van der Waals surface area (Å²) in [6.45, 7) is 0. The van der Waals surface area contributed by atoms with E-state index in [1.807, 2.05) is 0 Å². The smallest absolute Gasteiger partial charge is 0.545 e. The minimum absolute atomic E-state index is 0. The molecule has 2 aromatic carbocycles. The molecule has 0 atom stereocenters. The van der Waals surface area contributed by atoms with Gasteiger partial charge in [0.2, 0.25) is 0 Å². The molecule has 2 aromatic rings. The average molecular weight is 326 g/mol. The Morgan fingerprint density at radius 1 is 0.727 bits per heavy atom. The van der Waals surface area contributed by atoms with Crippen molar-refractivity contribution in [1.29, 1.82) is 0 Å². The van der Waals surface area contributed by atoms with Gasteiger partial charge >= 0.3 is 88.7 Å². The van der Waals surface area contributed by atoms with Crippen LogP contribution in [0.15, 0.2) is 30.3 Å². The Hall–Kier alpha value is 0.110. The number of carboxylic acids is 3. The molecule has 0 aliphatic heterocycles. The Bertz CT molecular complexity index is 729. The van der Waals surface area contributed by atoms with Crippen LogP contribution in [0.5, 0.6) is 0 Å². The van der Waals surface area contributed by atoms with Gasteiger partial charge in [0.1, 0.15) is 0 Å². The van der Waals surface area contributed by atoms with E-state index in [0.717, 1.165) is 6.07 Å². The molecule has 0 aromatic heterocycles. The topological polar surface area (TPSA) is 120 Å². The molecule has 96 valence electrons. The summed E-state index contributed by atoms with van der Waals surface area (Å²) in [5, 5.41) is 33.3. The normalized spacial score (nSPS) is 8.91. The van der Waals surface area contributed by atoms with Gasteiger partial charge in [-0.25, -0.2) is 0 Å². The van der Waals surface area contributed by atoms with Crippen LogP contribution < -0.4 is 104 Å². The number of carboxylic acid groups (broad SMARTS) is 3. The summed E-state index contributed by atoms with van der Waals surface area (Å²) in [5.74, 6) is -5.50. The molecule has 2 rings (SSSR count). The maximum Gasteiger partial charge on any atom is 1.00 e. The van der Waals surface area contributed by atoms with E-state index in [1.54, 1.807) is 6.07 Å². The van der Waals surface area contributed by atoms with Gasteiger partial charge in [-0.3, -0.25) is 0 Å². The zero-order valence-electron chi connectivity index (χ0n) is 12.3. The quantitative estimate of drug-likeness (QED) is 0.517. The molecule has 0 saturated carbocycles. The zero-order valence-corrected chi connectivity index (χ0v) is 18.3. The van der Waals surface area contributed by atoms with Crippen molar-refractivity contribution >= 4 is 28.7 Å². The molecule has 0 aliphatic rings. The SMILES string of the molecule is O=C([O-])c1cc2ccccc2c(C(=O)[O-])c1C(=O)[O-].[Na+].[Na+].[Na+]. The molecule has 0 fully saturated rings. The van der Waals surface area contributed by atoms with Crippen LogP contribution in [0, 0.1) is 0 Å². The molecule has 0 bridgehead atoms. The fourth-order valence-electron chi connectivity index (χ4n) is 1.93. The number of hydrogen-bond donors (Lipinski definition) is 0. The molecule has 6 nitrogen and oxygen atoms in total. The van der Waals surface area contributed by atoms with Crippen molar-refractivity contribution in [2.75, 3.05) is 0 Å². The van der Waals surface area contributed by atoms with Crippen molar-refractivity contribution < 1.29 is 118 Å². The second-order valence-electron chi connectivity index (χ2n) is 3.76. The predicted octanol–water partition coefficient (Wildman–Crippen LogP) is -11.1. The first kappa shape index (κ1) is 24.4. The Balaban J connectivity index is 0. The van der Waals surface area contributed by atoms with Crippen LogP contribution in [0.25, 0.3) is 10.8 Å². The van der Waals surface area contributed by atoms with E-state index in [0.29, 0.717) is 0 Å². The van der Waals surface area contributed by atoms with E-state index in [4.69, 9.17) is 0 Å². The van der Waals surface area contributed by atoms with Gasteiger partial charge in [-0.2, -0.15) is 0 Å². The van der Waals surface area contributed by atoms with E-state index < -0.39 is 34.6 Å². The van der Waals surface area contributed by atoms with Gasteiger partial charge in [0.05, 0.1) is 17.9 Å². The Labute approximate surface area is 191 Å². The fraction of sp³-hybridized carbons (Fsp3) is 0. The third-order valence-corrected chi connectivity index (χ3v) is 2.68. The molecule has 0 amide bonds. The van der Waals surface area contributed by atoms with Gasteiger partial charge in [-0.1, -0.05) is 24.3 Å². The zero-order chi connectivity index (χ0) is 14.2. The van der Waals surface area contributed by atoms with Crippen LogP contribution in [-0.2, 0) is 0 Å². The Morgan fingerprint density at radius 3 is 1.68 bits per heavy atom. The molecule has 0 heterocycles. The minimum atomic E-state index is -1.91. The summed E-state index contributed by atoms with van der Waals surface area (Å²) in [7, 11) is 0. The fourth-order valence-corrected chi connectivity index (χ4v) is 1.93. The summed E-state index contributed by atoms with van der Waals surface area (Å²) < 4.78 is 0. The molecular weight excluding hydrogens is 321 g/mol. The van der Waals surface area contributed by atoms with E-state index in [-0.39, 0.29) is 99.4 Å². The van der Waals surface area contributed by atoms with Crippen molar-refractivity contribution in [3.05, 3.63) is 47.0 Å². The molecule has 0 radical (unpaired) electrons. The number of benzene rings is 2. The number of aromatic carboxylic acids is 3. The van der Waals surface area contributed by atoms with E-state index >= 15 is 0 Å². The molecule has 0 saturated heterocycles. The van der Waals surface area contributed by atoms with Crippen molar-refractivity contribution in [3.8, 4) is 0 Å². The molecule has 9 heteroatoms. The van der Waals surface area contributed by atoms with Crippen molar-refractivity contribution in [2.45, 2.75) is 0 Å². The predicted molar refractivity (Wildman–Crippen MR) is 56.9 cm³/mol. The second-order valence-corrected chi connectivity index (χ2v) is 3.76. The summed E-state index contributed by atoms with van der Waals surface area (Å²) >= 11 is 0. The van der Waals surface area contributed by atoms with Crippen molar-refractivity contribution in [1.82, 2.24) is 0 Å². The number of rotatable bonds is 3. The van der Waals surface area contributed by atoms with Gasteiger partial charge in [0.25, 0.3) is 0 Å². The number of carbonyl (C=O) groups excluding carboxylic acids is 3. The second kappa shape index (κ2) is 10.1. The van der Waals surface area contributed by atoms with Crippen molar-refractivity contribution in [2.24, 2.45) is 0 Å². The standard InChI is InChI=1S/C13H8O6.3Na/c14-11(15)8-5-6-3-1-2-4-7(6)9(12(16)17)10(8)13(18)19;;;/h1-5H,(H,14,15)(H,16,17)(H,18,19);;;/q;3*+1/p-3. The maximum absolute atomic E-state index is 11.1. The van der Waals surface area contributed by atoms with Crippen LogP contribution in [0.2, 0.25) is 0 Å². The summed E-state index contributed by atoms with van der Waals surface area (Å²) in [5.41, 5.74) is -2.42. The average Bonchev–Trinajstić information content (AvgIpc) is 2.35. The monoisotopic (exact) mass is 326 g/mol. The molecule has 0 unspecified atom stereocenters. The molecule has 22 heavy (non-hydrogen) atoms. The molecule has 0 N–H and O–H groups in total. The molecule has 0 spiro atoms. The Kier molecular flexibility index (Phi) is 11.2. The number of carbonyl (C=O) groups is 3. The van der Waals surface area contributed by atoms with Gasteiger partial charge < -0.3 is 29.7 Å². The van der Waals surface area contributed by atoms with Gasteiger partial charge in [-0.05, 0) is 16.8 Å². The summed E-state index contributed by atoms with van der Waals surface area (Å²) in [6.07, 6.45) is 0. The van der Waals surface area contributed by atoms with Crippen LogP contribution in [-0.4, -0.2) is 17.9 Å².